The quantitative estimate of drug-likeness (QED) is 0.538. The summed E-state index contributed by atoms with van der Waals surface area (Å²) in [7, 11) is 2.92. The molecule has 0 N–H and O–H groups in total. The van der Waals surface area contributed by atoms with Gasteiger partial charge in [-0.1, -0.05) is 5.17 Å². The lowest BCUT2D eigenvalue weighted by atomic mass is 10.2. The van der Waals surface area contributed by atoms with E-state index in [0.29, 0.717) is 6.29 Å². The van der Waals surface area contributed by atoms with Crippen molar-refractivity contribution in [2.24, 2.45) is 0 Å². The van der Waals surface area contributed by atoms with Crippen LogP contribution in [0.25, 0.3) is 0 Å². The van der Waals surface area contributed by atoms with Gasteiger partial charge in [0.15, 0.2) is 0 Å². The molecular weight excluding hydrogens is 212 g/mol. The molecule has 0 aromatic rings. The molecule has 0 radical (unpaired) electrons. The topological polar surface area (TPSA) is 59.1 Å². The van der Waals surface area contributed by atoms with Crippen LogP contribution in [0.2, 0.25) is 0 Å². The van der Waals surface area contributed by atoms with Crippen molar-refractivity contribution in [1.29, 1.82) is 0 Å². The van der Waals surface area contributed by atoms with Crippen molar-refractivity contribution in [2.75, 3.05) is 14.2 Å². The Balaban J connectivity index is 4.76. The summed E-state index contributed by atoms with van der Waals surface area (Å²) < 4.78 is 5.15. The van der Waals surface area contributed by atoms with Crippen LogP contribution in [-0.2, 0) is 14.4 Å². The molecule has 0 bridgehead atoms. The molecule has 1 atom stereocenters. The SMILES string of the molecule is CON(C)N(C(=O)OC(C)(C)C)[C@H](C)C=O. The van der Waals surface area contributed by atoms with E-state index >= 15 is 0 Å². The highest BCUT2D eigenvalue weighted by Crippen LogP contribution is 2.12. The molecule has 0 unspecified atom stereocenters. The van der Waals surface area contributed by atoms with Gasteiger partial charge in [-0.15, -0.1) is 0 Å². The lowest BCUT2D eigenvalue weighted by Gasteiger charge is -2.33. The van der Waals surface area contributed by atoms with Crippen molar-refractivity contribution >= 4 is 12.4 Å². The second-order valence-electron chi connectivity index (χ2n) is 4.35. The molecule has 16 heavy (non-hydrogen) atoms. The third kappa shape index (κ3) is 4.59. The molecule has 0 aliphatic carbocycles. The Labute approximate surface area is 96.0 Å². The minimum atomic E-state index is -0.653. The summed E-state index contributed by atoms with van der Waals surface area (Å²) in [5, 5.41) is 2.26. The van der Waals surface area contributed by atoms with Gasteiger partial charge in [-0.2, -0.15) is 0 Å². The van der Waals surface area contributed by atoms with Gasteiger partial charge >= 0.3 is 6.09 Å². The third-order valence-corrected chi connectivity index (χ3v) is 1.73. The average Bonchev–Trinajstić information content (AvgIpc) is 2.14. The van der Waals surface area contributed by atoms with Crippen molar-refractivity contribution in [1.82, 2.24) is 10.2 Å². The number of nitrogens with zero attached hydrogens (tertiary/aromatic N) is 2. The molecule has 0 rings (SSSR count). The Kier molecular flexibility index (Phi) is 5.40. The van der Waals surface area contributed by atoms with Gasteiger partial charge in [0.25, 0.3) is 0 Å². The summed E-state index contributed by atoms with van der Waals surface area (Å²) in [4.78, 5) is 27.4. The minimum Gasteiger partial charge on any atom is -0.443 e. The summed E-state index contributed by atoms with van der Waals surface area (Å²) >= 11 is 0. The maximum absolute atomic E-state index is 11.8. The summed E-state index contributed by atoms with van der Waals surface area (Å²) in [6, 6.07) is -0.653. The predicted octanol–water partition coefficient (Wildman–Crippen LogP) is 1.22. The largest absolute Gasteiger partial charge is 0.443 e. The molecule has 94 valence electrons. The molecule has 0 spiro atoms. The number of carbonyl (C=O) groups is 2. The Morgan fingerprint density at radius 1 is 1.38 bits per heavy atom. The molecule has 0 saturated carbocycles. The molecule has 0 fully saturated rings. The number of aldehydes is 1. The first-order valence-corrected chi connectivity index (χ1v) is 4.98. The van der Waals surface area contributed by atoms with Gasteiger partial charge in [0.1, 0.15) is 17.9 Å². The Bertz CT molecular complexity index is 250. The zero-order chi connectivity index (χ0) is 12.9. The number of amides is 1. The van der Waals surface area contributed by atoms with Crippen molar-refractivity contribution in [3.8, 4) is 0 Å². The van der Waals surface area contributed by atoms with Crippen LogP contribution in [0.3, 0.4) is 0 Å². The van der Waals surface area contributed by atoms with Crippen LogP contribution in [0.1, 0.15) is 27.7 Å². The van der Waals surface area contributed by atoms with Gasteiger partial charge in [0, 0.05) is 7.05 Å². The summed E-state index contributed by atoms with van der Waals surface area (Å²) in [6.07, 6.45) is 0.0100. The number of carbonyl (C=O) groups excluding carboxylic acids is 2. The molecule has 0 saturated heterocycles. The Hall–Kier alpha value is -1.14. The van der Waals surface area contributed by atoms with E-state index in [4.69, 9.17) is 9.57 Å². The van der Waals surface area contributed by atoms with Crippen LogP contribution in [0.5, 0.6) is 0 Å². The third-order valence-electron chi connectivity index (χ3n) is 1.73. The summed E-state index contributed by atoms with van der Waals surface area (Å²) in [5.74, 6) is 0. The van der Waals surface area contributed by atoms with Gasteiger partial charge in [0.05, 0.1) is 7.11 Å². The van der Waals surface area contributed by atoms with Crippen LogP contribution in [0, 0.1) is 0 Å². The van der Waals surface area contributed by atoms with Gasteiger partial charge in [-0.05, 0) is 27.7 Å². The highest BCUT2D eigenvalue weighted by molar-refractivity contribution is 5.72. The standard InChI is InChI=1S/C10H20N2O4/c1-8(7-13)12(11(5)15-6)9(14)16-10(2,3)4/h7-8H,1-6H3/t8-/m1/s1. The second kappa shape index (κ2) is 5.81. The zero-order valence-corrected chi connectivity index (χ0v) is 10.7. The first kappa shape index (κ1) is 14.9. The van der Waals surface area contributed by atoms with E-state index in [0.717, 1.165) is 10.2 Å². The van der Waals surface area contributed by atoms with Crippen molar-refractivity contribution in [3.63, 3.8) is 0 Å². The normalized spacial score (nSPS) is 13.4. The molecule has 6 nitrogen and oxygen atoms in total. The van der Waals surface area contributed by atoms with E-state index in [9.17, 15) is 9.59 Å². The summed E-state index contributed by atoms with van der Waals surface area (Å²) in [5.41, 5.74) is -0.619. The Morgan fingerprint density at radius 3 is 2.19 bits per heavy atom. The van der Waals surface area contributed by atoms with E-state index in [1.807, 2.05) is 0 Å². The molecule has 0 aliphatic heterocycles. The number of hydrogen-bond donors (Lipinski definition) is 0. The molecule has 0 aliphatic rings. The first-order valence-electron chi connectivity index (χ1n) is 4.98. The van der Waals surface area contributed by atoms with Crippen LogP contribution in [0.4, 0.5) is 4.79 Å². The number of rotatable bonds is 4. The maximum Gasteiger partial charge on any atom is 0.427 e. The van der Waals surface area contributed by atoms with Gasteiger partial charge in [-0.25, -0.2) is 9.80 Å². The Morgan fingerprint density at radius 2 is 1.88 bits per heavy atom. The molecule has 1 amide bonds. The molecular formula is C10H20N2O4. The van der Waals surface area contributed by atoms with E-state index in [1.54, 1.807) is 27.7 Å². The zero-order valence-electron chi connectivity index (χ0n) is 10.7. The van der Waals surface area contributed by atoms with Crippen molar-refractivity contribution in [3.05, 3.63) is 0 Å². The fourth-order valence-electron chi connectivity index (χ4n) is 0.992. The molecule has 0 aromatic heterocycles. The second-order valence-corrected chi connectivity index (χ2v) is 4.35. The van der Waals surface area contributed by atoms with Gasteiger partial charge < -0.3 is 9.53 Å². The predicted molar refractivity (Wildman–Crippen MR) is 58.4 cm³/mol. The van der Waals surface area contributed by atoms with E-state index in [1.165, 1.54) is 14.2 Å². The van der Waals surface area contributed by atoms with Gasteiger partial charge in [-0.3, -0.25) is 4.84 Å². The fourth-order valence-corrected chi connectivity index (χ4v) is 0.992. The van der Waals surface area contributed by atoms with E-state index < -0.39 is 17.7 Å². The maximum atomic E-state index is 11.8. The number of ether oxygens (including phenoxy) is 1. The van der Waals surface area contributed by atoms with Crippen LogP contribution in [0.15, 0.2) is 0 Å². The lowest BCUT2D eigenvalue weighted by Crippen LogP contribution is -2.51. The van der Waals surface area contributed by atoms with E-state index in [-0.39, 0.29) is 0 Å². The van der Waals surface area contributed by atoms with Gasteiger partial charge in [0.2, 0.25) is 0 Å². The number of hydrazine groups is 1. The van der Waals surface area contributed by atoms with Crippen LogP contribution in [-0.4, -0.2) is 48.4 Å². The minimum absolute atomic E-state index is 0.619. The molecule has 0 aromatic carbocycles. The van der Waals surface area contributed by atoms with Crippen LogP contribution < -0.4 is 0 Å². The average molecular weight is 232 g/mol. The smallest absolute Gasteiger partial charge is 0.427 e. The molecule has 0 heterocycles. The monoisotopic (exact) mass is 232 g/mol. The highest BCUT2D eigenvalue weighted by Gasteiger charge is 2.29. The fraction of sp³-hybridized carbons (Fsp3) is 0.800. The van der Waals surface area contributed by atoms with Crippen molar-refractivity contribution < 1.29 is 19.2 Å². The number of hydroxylamine groups is 1. The first-order chi connectivity index (χ1) is 7.22. The number of hydrogen-bond acceptors (Lipinski definition) is 5. The lowest BCUT2D eigenvalue weighted by molar-refractivity contribution is -0.244. The highest BCUT2D eigenvalue weighted by atomic mass is 16.7. The molecule has 6 heteroatoms. The summed E-state index contributed by atoms with van der Waals surface area (Å²) in [6.45, 7) is 6.83. The van der Waals surface area contributed by atoms with E-state index in [2.05, 4.69) is 0 Å². The van der Waals surface area contributed by atoms with Crippen LogP contribution >= 0.6 is 0 Å². The van der Waals surface area contributed by atoms with Crippen molar-refractivity contribution in [2.45, 2.75) is 39.3 Å².